The number of oxazole rings is 1. The van der Waals surface area contributed by atoms with Gasteiger partial charge in [0.2, 0.25) is 0 Å². The number of nitrogens with two attached hydrogens (primary N) is 1. The third kappa shape index (κ3) is 7.20. The van der Waals surface area contributed by atoms with Crippen LogP contribution >= 0.6 is 0 Å². The van der Waals surface area contributed by atoms with Crippen molar-refractivity contribution in [3.8, 4) is 0 Å². The van der Waals surface area contributed by atoms with E-state index in [4.69, 9.17) is 10.2 Å². The van der Waals surface area contributed by atoms with Crippen LogP contribution in [0.5, 0.6) is 0 Å². The second kappa shape index (κ2) is 13.0. The smallest absolute Gasteiger partial charge is 0.302 e. The fourth-order valence-electron chi connectivity index (χ4n) is 4.21. The first-order valence-corrected chi connectivity index (χ1v) is 13.3. The molecule has 1 aliphatic heterocycles. The van der Waals surface area contributed by atoms with E-state index in [1.165, 1.54) is 0 Å². The zero-order valence-corrected chi connectivity index (χ0v) is 22.8. The van der Waals surface area contributed by atoms with Gasteiger partial charge in [0, 0.05) is 36.5 Å². The number of nitrogens with one attached hydrogen (secondary N) is 2. The molecule has 0 atom stereocenters. The fraction of sp³-hybridized carbons (Fsp3) is 0.333. The Morgan fingerprint density at radius 1 is 1.08 bits per heavy atom. The second-order valence-electron chi connectivity index (χ2n) is 9.64. The van der Waals surface area contributed by atoms with Crippen LogP contribution in [0.15, 0.2) is 81.0 Å². The molecule has 204 valence electrons. The van der Waals surface area contributed by atoms with E-state index < -0.39 is 5.91 Å². The van der Waals surface area contributed by atoms with Crippen molar-refractivity contribution in [2.75, 3.05) is 31.5 Å². The third-order valence-electron chi connectivity index (χ3n) is 6.58. The van der Waals surface area contributed by atoms with Crippen molar-refractivity contribution in [3.05, 3.63) is 82.7 Å². The van der Waals surface area contributed by atoms with Crippen LogP contribution < -0.4 is 16.4 Å². The topological polar surface area (TPSA) is 126 Å². The minimum absolute atomic E-state index is 0.0140. The van der Waals surface area contributed by atoms with Gasteiger partial charge in [0.1, 0.15) is 11.2 Å². The molecule has 9 heteroatoms. The molecule has 1 saturated heterocycles. The average Bonchev–Trinajstić information content (AvgIpc) is 3.32. The lowest BCUT2D eigenvalue weighted by Crippen LogP contribution is -2.39. The number of carbonyl (C=O) groups is 2. The lowest BCUT2D eigenvalue weighted by atomic mass is 10.0. The number of aliphatic imine (C=N–C) groups is 1. The molecule has 1 fully saturated rings. The number of amides is 2. The summed E-state index contributed by atoms with van der Waals surface area (Å²) in [7, 11) is 0. The molecule has 0 spiro atoms. The average molecular weight is 529 g/mol. The SMILES string of the molecule is CC/C(C)=C/C(=N/C(C(=O)Nc1nc2ccccc2o1)=C(\C)N)c1ccc(C(=O)N2CCCCNCC2)cc1. The molecule has 9 nitrogen and oxygen atoms in total. The van der Waals surface area contributed by atoms with Crippen molar-refractivity contribution in [2.24, 2.45) is 10.7 Å². The minimum Gasteiger partial charge on any atom is -0.423 e. The van der Waals surface area contributed by atoms with Crippen molar-refractivity contribution in [3.63, 3.8) is 0 Å². The number of carbonyl (C=O) groups excluding carboxylic acids is 2. The van der Waals surface area contributed by atoms with E-state index in [9.17, 15) is 9.59 Å². The zero-order valence-electron chi connectivity index (χ0n) is 22.8. The number of rotatable bonds is 7. The molecule has 4 rings (SSSR count). The van der Waals surface area contributed by atoms with Gasteiger partial charge in [-0.2, -0.15) is 4.98 Å². The number of aromatic nitrogens is 1. The van der Waals surface area contributed by atoms with Crippen LogP contribution in [0.25, 0.3) is 11.1 Å². The van der Waals surface area contributed by atoms with Gasteiger partial charge in [0.25, 0.3) is 11.8 Å². The van der Waals surface area contributed by atoms with Crippen LogP contribution in [0.1, 0.15) is 56.0 Å². The lowest BCUT2D eigenvalue weighted by molar-refractivity contribution is -0.113. The lowest BCUT2D eigenvalue weighted by Gasteiger charge is -2.25. The highest BCUT2D eigenvalue weighted by atomic mass is 16.4. The standard InChI is InChI=1S/C30H36N6O3/c1-4-20(2)19-25(22-11-13-23(14-12-22)29(38)36-17-8-7-15-32-16-18-36)33-27(21(3)31)28(37)35-30-34-24-9-5-6-10-26(24)39-30/h5-6,9-14,19,32H,4,7-8,15-18,31H2,1-3H3,(H,34,35,37)/b20-19+,27-21+,33-25-. The summed E-state index contributed by atoms with van der Waals surface area (Å²) in [6, 6.07) is 14.7. The number of allylic oxidation sites excluding steroid dienone is 3. The van der Waals surface area contributed by atoms with Crippen LogP contribution in [0.3, 0.4) is 0 Å². The van der Waals surface area contributed by atoms with Crippen LogP contribution in [-0.4, -0.2) is 53.6 Å². The van der Waals surface area contributed by atoms with Gasteiger partial charge in [-0.1, -0.05) is 36.8 Å². The number of nitrogens with zero attached hydrogens (tertiary/aromatic N) is 3. The molecule has 1 aliphatic rings. The second-order valence-corrected chi connectivity index (χ2v) is 9.64. The van der Waals surface area contributed by atoms with E-state index in [2.05, 4.69) is 20.6 Å². The van der Waals surface area contributed by atoms with E-state index in [0.717, 1.165) is 50.0 Å². The first-order valence-electron chi connectivity index (χ1n) is 13.3. The summed E-state index contributed by atoms with van der Waals surface area (Å²) in [5, 5.41) is 6.03. The van der Waals surface area contributed by atoms with Crippen LogP contribution in [0.4, 0.5) is 6.01 Å². The van der Waals surface area contributed by atoms with Gasteiger partial charge in [-0.05, 0) is 70.0 Å². The van der Waals surface area contributed by atoms with Gasteiger partial charge in [0.15, 0.2) is 5.58 Å². The highest BCUT2D eigenvalue weighted by molar-refractivity contribution is 6.13. The van der Waals surface area contributed by atoms with Gasteiger partial charge in [-0.25, -0.2) is 4.99 Å². The molecule has 0 bridgehead atoms. The van der Waals surface area contributed by atoms with E-state index in [0.29, 0.717) is 28.9 Å². The first kappa shape index (κ1) is 27.8. The normalized spacial score (nSPS) is 15.9. The van der Waals surface area contributed by atoms with Crippen LogP contribution in [0.2, 0.25) is 0 Å². The Balaban J connectivity index is 1.60. The molecule has 4 N–H and O–H groups in total. The maximum atomic E-state index is 13.2. The van der Waals surface area contributed by atoms with Gasteiger partial charge < -0.3 is 20.4 Å². The van der Waals surface area contributed by atoms with Gasteiger partial charge in [-0.3, -0.25) is 14.9 Å². The monoisotopic (exact) mass is 528 g/mol. The predicted octanol–water partition coefficient (Wildman–Crippen LogP) is 4.63. The Morgan fingerprint density at radius 2 is 1.82 bits per heavy atom. The number of para-hydroxylation sites is 2. The molecule has 2 aromatic carbocycles. The van der Waals surface area contributed by atoms with E-state index in [-0.39, 0.29) is 23.3 Å². The molecule has 2 amide bonds. The van der Waals surface area contributed by atoms with Crippen LogP contribution in [0, 0.1) is 0 Å². The quantitative estimate of drug-likeness (QED) is 0.303. The molecule has 39 heavy (non-hydrogen) atoms. The predicted molar refractivity (Wildman–Crippen MR) is 155 cm³/mol. The maximum Gasteiger partial charge on any atom is 0.302 e. The summed E-state index contributed by atoms with van der Waals surface area (Å²) in [6.07, 6.45) is 4.78. The summed E-state index contributed by atoms with van der Waals surface area (Å²) in [5.41, 5.74) is 10.6. The Kier molecular flexibility index (Phi) is 9.27. The Bertz CT molecular complexity index is 1370. The largest absolute Gasteiger partial charge is 0.423 e. The van der Waals surface area contributed by atoms with Crippen molar-refractivity contribution in [1.29, 1.82) is 0 Å². The number of benzene rings is 2. The van der Waals surface area contributed by atoms with E-state index in [1.807, 2.05) is 61.2 Å². The molecule has 0 radical (unpaired) electrons. The highest BCUT2D eigenvalue weighted by Gasteiger charge is 2.19. The van der Waals surface area contributed by atoms with E-state index >= 15 is 0 Å². The number of hydrogen-bond donors (Lipinski definition) is 3. The summed E-state index contributed by atoms with van der Waals surface area (Å²) >= 11 is 0. The molecule has 0 unspecified atom stereocenters. The van der Waals surface area contributed by atoms with Gasteiger partial charge in [0.05, 0.1) is 5.71 Å². The van der Waals surface area contributed by atoms with Gasteiger partial charge in [-0.15, -0.1) is 0 Å². The molecule has 1 aromatic heterocycles. The number of fused-ring (bicyclic) bond motifs is 1. The fourth-order valence-corrected chi connectivity index (χ4v) is 4.21. The number of anilines is 1. The summed E-state index contributed by atoms with van der Waals surface area (Å²) in [6.45, 7) is 8.90. The van der Waals surface area contributed by atoms with Crippen molar-refractivity contribution < 1.29 is 14.0 Å². The van der Waals surface area contributed by atoms with E-state index in [1.54, 1.807) is 19.1 Å². The molecular weight excluding hydrogens is 492 g/mol. The molecule has 2 heterocycles. The van der Waals surface area contributed by atoms with Crippen molar-refractivity contribution >= 4 is 34.6 Å². The Labute approximate surface area is 228 Å². The third-order valence-corrected chi connectivity index (χ3v) is 6.58. The molecule has 3 aromatic rings. The minimum atomic E-state index is -0.529. The first-order chi connectivity index (χ1) is 18.9. The van der Waals surface area contributed by atoms with Gasteiger partial charge >= 0.3 is 6.01 Å². The van der Waals surface area contributed by atoms with Crippen molar-refractivity contribution in [2.45, 2.75) is 40.0 Å². The number of hydrogen-bond acceptors (Lipinski definition) is 7. The Hall–Kier alpha value is -4.24. The molecule has 0 saturated carbocycles. The summed E-state index contributed by atoms with van der Waals surface area (Å²) < 4.78 is 5.63. The van der Waals surface area contributed by atoms with Crippen molar-refractivity contribution in [1.82, 2.24) is 15.2 Å². The molecule has 0 aliphatic carbocycles. The summed E-state index contributed by atoms with van der Waals surface area (Å²) in [5.74, 6) is -0.515. The van der Waals surface area contributed by atoms with Crippen LogP contribution in [-0.2, 0) is 4.79 Å². The molecular formula is C30H36N6O3. The Morgan fingerprint density at radius 3 is 2.54 bits per heavy atom. The summed E-state index contributed by atoms with van der Waals surface area (Å²) in [4.78, 5) is 37.2. The zero-order chi connectivity index (χ0) is 27.8. The highest BCUT2D eigenvalue weighted by Crippen LogP contribution is 2.20. The maximum absolute atomic E-state index is 13.2.